The molecular formula is C17H21FN2O3. The summed E-state index contributed by atoms with van der Waals surface area (Å²) in [5, 5.41) is 2.72. The lowest BCUT2D eigenvalue weighted by molar-refractivity contribution is -0.128. The highest BCUT2D eigenvalue weighted by Gasteiger charge is 2.41. The molecule has 1 saturated carbocycles. The number of nitrogens with zero attached hydrogens (tertiary/aromatic N) is 1. The van der Waals surface area contributed by atoms with Crippen molar-refractivity contribution in [3.8, 4) is 5.75 Å². The van der Waals surface area contributed by atoms with Gasteiger partial charge in [-0.05, 0) is 38.8 Å². The van der Waals surface area contributed by atoms with E-state index >= 15 is 0 Å². The van der Waals surface area contributed by atoms with Gasteiger partial charge in [0, 0.05) is 25.1 Å². The van der Waals surface area contributed by atoms with Crippen molar-refractivity contribution in [2.24, 2.45) is 5.92 Å². The van der Waals surface area contributed by atoms with Gasteiger partial charge in [0.2, 0.25) is 11.8 Å². The Morgan fingerprint density at radius 1 is 1.39 bits per heavy atom. The van der Waals surface area contributed by atoms with Crippen LogP contribution in [0.1, 0.15) is 33.1 Å². The number of rotatable bonds is 5. The number of hydrogen-bond acceptors (Lipinski definition) is 3. The summed E-state index contributed by atoms with van der Waals surface area (Å²) in [7, 11) is 0. The van der Waals surface area contributed by atoms with Gasteiger partial charge in [-0.2, -0.15) is 0 Å². The van der Waals surface area contributed by atoms with Crippen LogP contribution in [0.4, 0.5) is 10.1 Å². The van der Waals surface area contributed by atoms with Crippen molar-refractivity contribution in [2.45, 2.75) is 45.3 Å². The normalized spacial score (nSPS) is 21.0. The summed E-state index contributed by atoms with van der Waals surface area (Å²) in [6.45, 7) is 4.17. The van der Waals surface area contributed by atoms with Crippen LogP contribution in [0.5, 0.6) is 5.75 Å². The number of amides is 2. The molecule has 1 atom stereocenters. The Balaban J connectivity index is 1.70. The Bertz CT molecular complexity index is 628. The lowest BCUT2D eigenvalue weighted by atomic mass is 10.1. The fourth-order valence-electron chi connectivity index (χ4n) is 2.84. The zero-order valence-corrected chi connectivity index (χ0v) is 13.3. The van der Waals surface area contributed by atoms with Gasteiger partial charge in [0.05, 0.1) is 17.7 Å². The molecule has 1 aliphatic heterocycles. The second-order valence-corrected chi connectivity index (χ2v) is 6.47. The van der Waals surface area contributed by atoms with Crippen LogP contribution in [-0.2, 0) is 9.59 Å². The number of benzene rings is 1. The molecule has 1 aliphatic carbocycles. The summed E-state index contributed by atoms with van der Waals surface area (Å²) in [6, 6.07) is 4.35. The molecule has 2 aliphatic rings. The average molecular weight is 320 g/mol. The Hall–Kier alpha value is -2.11. The number of carbonyl (C=O) groups excluding carboxylic acids is 2. The number of anilines is 1. The molecule has 1 aromatic rings. The molecule has 0 bridgehead atoms. The van der Waals surface area contributed by atoms with Crippen molar-refractivity contribution in [3.05, 3.63) is 24.0 Å². The smallest absolute Gasteiger partial charge is 0.229 e. The van der Waals surface area contributed by atoms with Crippen LogP contribution in [-0.4, -0.2) is 35.4 Å². The molecule has 0 spiro atoms. The van der Waals surface area contributed by atoms with Crippen molar-refractivity contribution < 1.29 is 18.7 Å². The van der Waals surface area contributed by atoms with E-state index in [2.05, 4.69) is 5.32 Å². The molecule has 2 amide bonds. The lowest BCUT2D eigenvalue weighted by Gasteiger charge is -2.17. The maximum atomic E-state index is 13.5. The summed E-state index contributed by atoms with van der Waals surface area (Å²) < 4.78 is 19.1. The van der Waals surface area contributed by atoms with E-state index in [1.165, 1.54) is 18.2 Å². The zero-order chi connectivity index (χ0) is 16.6. The highest BCUT2D eigenvalue weighted by Crippen LogP contribution is 2.33. The first-order valence-electron chi connectivity index (χ1n) is 8.00. The molecule has 1 unspecified atom stereocenters. The summed E-state index contributed by atoms with van der Waals surface area (Å²) in [4.78, 5) is 26.2. The molecule has 1 heterocycles. The van der Waals surface area contributed by atoms with E-state index in [4.69, 9.17) is 4.74 Å². The van der Waals surface area contributed by atoms with Gasteiger partial charge in [0.1, 0.15) is 11.6 Å². The van der Waals surface area contributed by atoms with Gasteiger partial charge in [-0.1, -0.05) is 0 Å². The minimum atomic E-state index is -0.446. The summed E-state index contributed by atoms with van der Waals surface area (Å²) in [5.41, 5.74) is 0.307. The minimum absolute atomic E-state index is 0.0329. The first kappa shape index (κ1) is 15.8. The van der Waals surface area contributed by atoms with Gasteiger partial charge < -0.3 is 15.0 Å². The molecule has 1 saturated heterocycles. The van der Waals surface area contributed by atoms with E-state index in [-0.39, 0.29) is 24.3 Å². The van der Waals surface area contributed by atoms with Crippen LogP contribution < -0.4 is 10.1 Å². The van der Waals surface area contributed by atoms with Crippen LogP contribution in [0.25, 0.3) is 0 Å². The monoisotopic (exact) mass is 320 g/mol. The second-order valence-electron chi connectivity index (χ2n) is 6.47. The number of carbonyl (C=O) groups is 2. The first-order valence-corrected chi connectivity index (χ1v) is 8.00. The first-order chi connectivity index (χ1) is 10.9. The highest BCUT2D eigenvalue weighted by molar-refractivity contribution is 5.98. The molecule has 2 fully saturated rings. The Morgan fingerprint density at radius 2 is 2.13 bits per heavy atom. The van der Waals surface area contributed by atoms with Crippen LogP contribution in [0, 0.1) is 11.7 Å². The molecule has 124 valence electrons. The summed E-state index contributed by atoms with van der Waals surface area (Å²) >= 11 is 0. The molecule has 5 nitrogen and oxygen atoms in total. The van der Waals surface area contributed by atoms with Gasteiger partial charge in [-0.15, -0.1) is 0 Å². The fourth-order valence-corrected chi connectivity index (χ4v) is 2.84. The number of ether oxygens (including phenoxy) is 1. The minimum Gasteiger partial charge on any atom is -0.489 e. The van der Waals surface area contributed by atoms with Gasteiger partial charge >= 0.3 is 0 Å². The quantitative estimate of drug-likeness (QED) is 0.907. The molecule has 23 heavy (non-hydrogen) atoms. The average Bonchev–Trinajstić information content (AvgIpc) is 3.24. The van der Waals surface area contributed by atoms with E-state index in [1.54, 1.807) is 4.90 Å². The van der Waals surface area contributed by atoms with E-state index in [0.29, 0.717) is 24.0 Å². The van der Waals surface area contributed by atoms with Gasteiger partial charge in [0.15, 0.2) is 0 Å². The number of halogens is 1. The maximum absolute atomic E-state index is 13.5. The molecular weight excluding hydrogens is 299 g/mol. The Labute approximate surface area is 134 Å². The fraction of sp³-hybridized carbons (Fsp3) is 0.529. The third kappa shape index (κ3) is 3.63. The van der Waals surface area contributed by atoms with Crippen LogP contribution in [0.2, 0.25) is 0 Å². The Morgan fingerprint density at radius 3 is 2.78 bits per heavy atom. The summed E-state index contributed by atoms with van der Waals surface area (Å²) in [5.74, 6) is -0.638. The summed E-state index contributed by atoms with van der Waals surface area (Å²) in [6.07, 6.45) is 2.18. The zero-order valence-electron chi connectivity index (χ0n) is 13.3. The van der Waals surface area contributed by atoms with E-state index in [9.17, 15) is 14.0 Å². The predicted octanol–water partition coefficient (Wildman–Crippen LogP) is 2.56. The van der Waals surface area contributed by atoms with Crippen LogP contribution >= 0.6 is 0 Å². The maximum Gasteiger partial charge on any atom is 0.229 e. The largest absolute Gasteiger partial charge is 0.489 e. The van der Waals surface area contributed by atoms with Gasteiger partial charge in [-0.25, -0.2) is 4.39 Å². The SMILES string of the molecule is CC(C)Oc1ccc(F)cc1NC(=O)C1CC(=O)N(C2CC2)C1. The van der Waals surface area contributed by atoms with Crippen molar-refractivity contribution >= 4 is 17.5 Å². The van der Waals surface area contributed by atoms with Crippen molar-refractivity contribution in [3.63, 3.8) is 0 Å². The molecule has 1 N–H and O–H groups in total. The third-order valence-electron chi connectivity index (χ3n) is 4.08. The number of hydrogen-bond donors (Lipinski definition) is 1. The third-order valence-corrected chi connectivity index (χ3v) is 4.08. The Kier molecular flexibility index (Phi) is 4.24. The molecule has 0 radical (unpaired) electrons. The topological polar surface area (TPSA) is 58.6 Å². The molecule has 3 rings (SSSR count). The van der Waals surface area contributed by atoms with E-state index in [1.807, 2.05) is 13.8 Å². The van der Waals surface area contributed by atoms with E-state index in [0.717, 1.165) is 12.8 Å². The van der Waals surface area contributed by atoms with Crippen molar-refractivity contribution in [2.75, 3.05) is 11.9 Å². The van der Waals surface area contributed by atoms with Crippen LogP contribution in [0.3, 0.4) is 0 Å². The number of nitrogens with one attached hydrogen (secondary N) is 1. The highest BCUT2D eigenvalue weighted by atomic mass is 19.1. The van der Waals surface area contributed by atoms with E-state index < -0.39 is 11.7 Å². The lowest BCUT2D eigenvalue weighted by Crippen LogP contribution is -2.30. The predicted molar refractivity (Wildman–Crippen MR) is 83.6 cm³/mol. The van der Waals surface area contributed by atoms with Gasteiger partial charge in [-0.3, -0.25) is 9.59 Å². The molecule has 6 heteroatoms. The van der Waals surface area contributed by atoms with Crippen molar-refractivity contribution in [1.29, 1.82) is 0 Å². The van der Waals surface area contributed by atoms with Gasteiger partial charge in [0.25, 0.3) is 0 Å². The second kappa shape index (κ2) is 6.18. The molecule has 0 aromatic heterocycles. The molecule has 1 aromatic carbocycles. The number of likely N-dealkylation sites (tertiary alicyclic amines) is 1. The van der Waals surface area contributed by atoms with Crippen LogP contribution in [0.15, 0.2) is 18.2 Å². The standard InChI is InChI=1S/C17H21FN2O3/c1-10(2)23-15-6-3-12(18)8-14(15)19-17(22)11-7-16(21)20(9-11)13-4-5-13/h3,6,8,10-11,13H,4-5,7,9H2,1-2H3,(H,19,22). The van der Waals surface area contributed by atoms with Crippen molar-refractivity contribution in [1.82, 2.24) is 4.90 Å².